The third-order valence-electron chi connectivity index (χ3n) is 5.64. The minimum absolute atomic E-state index is 0.0140. The predicted octanol–water partition coefficient (Wildman–Crippen LogP) is 3.01. The molecule has 4 heterocycles. The monoisotopic (exact) mass is 537 g/mol. The number of ether oxygens (including phenoxy) is 1. The molecule has 0 unspecified atom stereocenters. The van der Waals surface area contributed by atoms with Crippen molar-refractivity contribution in [3.05, 3.63) is 64.9 Å². The van der Waals surface area contributed by atoms with Gasteiger partial charge in [-0.05, 0) is 44.0 Å². The van der Waals surface area contributed by atoms with Gasteiger partial charge in [0.15, 0.2) is 16.5 Å². The number of benzene rings is 1. The average molecular weight is 538 g/mol. The fourth-order valence-electron chi connectivity index (χ4n) is 3.78. The Kier molecular flexibility index (Phi) is 6.34. The van der Waals surface area contributed by atoms with Crippen LogP contribution >= 0.6 is 11.3 Å². The Balaban J connectivity index is 1.36. The number of hydrogen-bond acceptors (Lipinski definition) is 7. The summed E-state index contributed by atoms with van der Waals surface area (Å²) in [6.45, 7) is 2.94. The molecule has 0 radical (unpaired) electrons. The number of fused-ring (bicyclic) bond motifs is 2. The number of halogens is 2. The standard InChI is InChI=1S/C26H21F2N5O4S/c1-26(2,36)9-8-15-5-7-21-22(29-15)32(3)24(35)19(12-37-21)30-23(34)18-11-33-20(13-38-25(33)31-18)16-6-4-14(27)10-17(16)28/h4-7,10-11,13,19,36H,12H2,1-3H3,(H,30,34)/t19-/m0/s1. The summed E-state index contributed by atoms with van der Waals surface area (Å²) in [7, 11) is 1.51. The van der Waals surface area contributed by atoms with Crippen molar-refractivity contribution in [2.24, 2.45) is 0 Å². The van der Waals surface area contributed by atoms with Gasteiger partial charge < -0.3 is 15.2 Å². The molecule has 0 fully saturated rings. The highest BCUT2D eigenvalue weighted by molar-refractivity contribution is 7.15. The second-order valence-electron chi connectivity index (χ2n) is 9.09. The molecule has 2 N–H and O–H groups in total. The van der Waals surface area contributed by atoms with Crippen LogP contribution in [0, 0.1) is 23.5 Å². The van der Waals surface area contributed by atoms with E-state index in [0.717, 1.165) is 12.1 Å². The van der Waals surface area contributed by atoms with Crippen LogP contribution in [0.1, 0.15) is 30.0 Å². The van der Waals surface area contributed by atoms with Crippen molar-refractivity contribution in [3.8, 4) is 28.8 Å². The first-order valence-corrected chi connectivity index (χ1v) is 12.3. The SMILES string of the molecule is CN1C(=O)[C@@H](NC(=O)c2cn3c(-c4ccc(F)cc4F)csc3n2)COc2ccc(C#CC(C)(C)O)nc21. The molecular weight excluding hydrogens is 516 g/mol. The number of carbonyl (C=O) groups is 2. The summed E-state index contributed by atoms with van der Waals surface area (Å²) in [6.07, 6.45) is 1.43. The topological polar surface area (TPSA) is 109 Å². The maximum Gasteiger partial charge on any atom is 0.272 e. The number of likely N-dealkylation sites (N-methyl/N-ethyl adjacent to an activating group) is 1. The van der Waals surface area contributed by atoms with Crippen LogP contribution in [0.5, 0.6) is 5.75 Å². The summed E-state index contributed by atoms with van der Waals surface area (Å²) in [5.74, 6) is 3.46. The number of rotatable bonds is 3. The second-order valence-corrected chi connectivity index (χ2v) is 9.92. The van der Waals surface area contributed by atoms with E-state index in [1.165, 1.54) is 39.9 Å². The number of hydrogen-bond donors (Lipinski definition) is 2. The summed E-state index contributed by atoms with van der Waals surface area (Å²) in [5, 5.41) is 14.1. The van der Waals surface area contributed by atoms with Crippen molar-refractivity contribution in [2.45, 2.75) is 25.5 Å². The van der Waals surface area contributed by atoms with Gasteiger partial charge in [-0.3, -0.25) is 18.9 Å². The number of pyridine rings is 1. The molecule has 1 aliphatic heterocycles. The van der Waals surface area contributed by atoms with Gasteiger partial charge in [-0.2, -0.15) is 0 Å². The van der Waals surface area contributed by atoms with Crippen molar-refractivity contribution in [3.63, 3.8) is 0 Å². The molecule has 1 atom stereocenters. The zero-order valence-electron chi connectivity index (χ0n) is 20.5. The van der Waals surface area contributed by atoms with E-state index in [1.807, 2.05) is 0 Å². The number of anilines is 1. The van der Waals surface area contributed by atoms with Crippen LogP contribution in [0.15, 0.2) is 41.9 Å². The van der Waals surface area contributed by atoms with E-state index in [4.69, 9.17) is 4.74 Å². The molecule has 2 amide bonds. The van der Waals surface area contributed by atoms with Gasteiger partial charge in [0.1, 0.15) is 41.3 Å². The zero-order valence-corrected chi connectivity index (χ0v) is 21.3. The highest BCUT2D eigenvalue weighted by atomic mass is 32.1. The van der Waals surface area contributed by atoms with E-state index in [-0.39, 0.29) is 23.7 Å². The molecule has 9 nitrogen and oxygen atoms in total. The fourth-order valence-corrected chi connectivity index (χ4v) is 4.65. The molecule has 5 rings (SSSR count). The number of nitrogens with one attached hydrogen (secondary N) is 1. The van der Waals surface area contributed by atoms with E-state index in [1.54, 1.807) is 31.4 Å². The van der Waals surface area contributed by atoms with Gasteiger partial charge in [-0.15, -0.1) is 11.3 Å². The highest BCUT2D eigenvalue weighted by Crippen LogP contribution is 2.30. The molecular formula is C26H21F2N5O4S. The minimum Gasteiger partial charge on any atom is -0.487 e. The lowest BCUT2D eigenvalue weighted by Crippen LogP contribution is -2.49. The summed E-state index contributed by atoms with van der Waals surface area (Å²) >= 11 is 1.19. The highest BCUT2D eigenvalue weighted by Gasteiger charge is 2.32. The first-order chi connectivity index (χ1) is 18.0. The summed E-state index contributed by atoms with van der Waals surface area (Å²) in [4.78, 5) is 36.5. The molecule has 0 aliphatic carbocycles. The van der Waals surface area contributed by atoms with E-state index in [2.05, 4.69) is 27.1 Å². The molecule has 0 spiro atoms. The lowest BCUT2D eigenvalue weighted by atomic mass is 10.1. The van der Waals surface area contributed by atoms with Crippen molar-refractivity contribution >= 4 is 33.9 Å². The summed E-state index contributed by atoms with van der Waals surface area (Å²) < 4.78 is 35.0. The van der Waals surface area contributed by atoms with Crippen LogP contribution in [0.3, 0.4) is 0 Å². The van der Waals surface area contributed by atoms with Gasteiger partial charge in [-0.1, -0.05) is 5.92 Å². The lowest BCUT2D eigenvalue weighted by Gasteiger charge is -2.19. The maximum absolute atomic E-state index is 14.3. The number of imidazole rings is 1. The molecule has 194 valence electrons. The fraction of sp³-hybridized carbons (Fsp3) is 0.231. The molecule has 0 saturated carbocycles. The first-order valence-electron chi connectivity index (χ1n) is 11.4. The van der Waals surface area contributed by atoms with Crippen LogP contribution in [0.2, 0.25) is 0 Å². The van der Waals surface area contributed by atoms with Crippen LogP contribution < -0.4 is 15.0 Å². The first kappa shape index (κ1) is 25.3. The van der Waals surface area contributed by atoms with Crippen molar-refractivity contribution in [1.29, 1.82) is 0 Å². The van der Waals surface area contributed by atoms with E-state index in [9.17, 15) is 23.5 Å². The largest absolute Gasteiger partial charge is 0.487 e. The van der Waals surface area contributed by atoms with Gasteiger partial charge in [-0.25, -0.2) is 18.7 Å². The average Bonchev–Trinajstić information content (AvgIpc) is 3.43. The molecule has 12 heteroatoms. The maximum atomic E-state index is 14.3. The number of aliphatic hydroxyl groups is 1. The molecule has 0 bridgehead atoms. The van der Waals surface area contributed by atoms with E-state index in [0.29, 0.717) is 22.1 Å². The zero-order chi connectivity index (χ0) is 27.2. The summed E-state index contributed by atoms with van der Waals surface area (Å²) in [6, 6.07) is 5.43. The lowest BCUT2D eigenvalue weighted by molar-refractivity contribution is -0.120. The number of thiazole rings is 1. The van der Waals surface area contributed by atoms with Gasteiger partial charge >= 0.3 is 0 Å². The van der Waals surface area contributed by atoms with Crippen LogP contribution in [0.4, 0.5) is 14.6 Å². The Morgan fingerprint density at radius 3 is 2.79 bits per heavy atom. The van der Waals surface area contributed by atoms with Gasteiger partial charge in [0.05, 0.1) is 5.69 Å². The van der Waals surface area contributed by atoms with E-state index >= 15 is 0 Å². The number of aromatic nitrogens is 3. The van der Waals surface area contributed by atoms with Crippen molar-refractivity contribution < 1.29 is 28.2 Å². The third kappa shape index (κ3) is 4.93. The predicted molar refractivity (Wildman–Crippen MR) is 136 cm³/mol. The van der Waals surface area contributed by atoms with Crippen LogP contribution in [-0.2, 0) is 4.79 Å². The number of nitrogens with zero attached hydrogens (tertiary/aromatic N) is 4. The Morgan fingerprint density at radius 1 is 1.26 bits per heavy atom. The Bertz CT molecular complexity index is 1650. The smallest absolute Gasteiger partial charge is 0.272 e. The Hall–Kier alpha value is -4.34. The van der Waals surface area contributed by atoms with Crippen molar-refractivity contribution in [1.82, 2.24) is 19.7 Å². The molecule has 4 aromatic rings. The molecule has 0 saturated heterocycles. The third-order valence-corrected chi connectivity index (χ3v) is 6.48. The number of carbonyl (C=O) groups excluding carboxylic acids is 2. The van der Waals surface area contributed by atoms with Gasteiger partial charge in [0, 0.05) is 30.3 Å². The van der Waals surface area contributed by atoms with Crippen LogP contribution in [0.25, 0.3) is 16.2 Å². The Morgan fingerprint density at radius 2 is 2.05 bits per heavy atom. The Labute approximate surface area is 219 Å². The normalized spacial score (nSPS) is 15.4. The molecule has 38 heavy (non-hydrogen) atoms. The van der Waals surface area contributed by atoms with E-state index < -0.39 is 35.1 Å². The minimum atomic E-state index is -1.21. The molecule has 1 aliphatic rings. The second kappa shape index (κ2) is 9.51. The van der Waals surface area contributed by atoms with Gasteiger partial charge in [0.25, 0.3) is 11.8 Å². The molecule has 3 aromatic heterocycles. The quantitative estimate of drug-likeness (QED) is 0.389. The van der Waals surface area contributed by atoms with Crippen molar-refractivity contribution in [2.75, 3.05) is 18.6 Å². The van der Waals surface area contributed by atoms with Crippen LogP contribution in [-0.4, -0.2) is 56.6 Å². The molecule has 1 aromatic carbocycles. The van der Waals surface area contributed by atoms with Gasteiger partial charge in [0.2, 0.25) is 0 Å². The summed E-state index contributed by atoms with van der Waals surface area (Å²) in [5.41, 5.74) is -0.291. The number of amides is 2.